The van der Waals surface area contributed by atoms with Gasteiger partial charge < -0.3 is 15.2 Å². The van der Waals surface area contributed by atoms with E-state index in [9.17, 15) is 0 Å². The van der Waals surface area contributed by atoms with Gasteiger partial charge in [0.25, 0.3) is 0 Å². The molecule has 1 aliphatic rings. The first kappa shape index (κ1) is 12.9. The van der Waals surface area contributed by atoms with Gasteiger partial charge in [0.15, 0.2) is 0 Å². The quantitative estimate of drug-likeness (QED) is 0.658. The molecule has 1 saturated heterocycles. The van der Waals surface area contributed by atoms with Gasteiger partial charge in [-0.25, -0.2) is 0 Å². The molecule has 0 spiro atoms. The van der Waals surface area contributed by atoms with Gasteiger partial charge >= 0.3 is 0 Å². The van der Waals surface area contributed by atoms with Crippen molar-refractivity contribution in [2.45, 2.75) is 33.1 Å². The second kappa shape index (κ2) is 6.46. The molecular formula is C12H25NO2. The van der Waals surface area contributed by atoms with Crippen molar-refractivity contribution in [3.63, 3.8) is 0 Å². The third-order valence-corrected chi connectivity index (χ3v) is 3.10. The van der Waals surface area contributed by atoms with Crippen molar-refractivity contribution in [3.8, 4) is 0 Å². The van der Waals surface area contributed by atoms with E-state index in [0.717, 1.165) is 32.2 Å². The van der Waals surface area contributed by atoms with Crippen molar-refractivity contribution in [2.75, 3.05) is 32.9 Å². The van der Waals surface area contributed by atoms with E-state index in [1.165, 1.54) is 19.3 Å². The van der Waals surface area contributed by atoms with Gasteiger partial charge in [-0.05, 0) is 31.7 Å². The van der Waals surface area contributed by atoms with Gasteiger partial charge in [0.1, 0.15) is 0 Å². The summed E-state index contributed by atoms with van der Waals surface area (Å²) in [6.07, 6.45) is 3.67. The van der Waals surface area contributed by atoms with Crippen LogP contribution in [-0.2, 0) is 4.74 Å². The van der Waals surface area contributed by atoms with Crippen molar-refractivity contribution >= 4 is 0 Å². The van der Waals surface area contributed by atoms with Crippen molar-refractivity contribution in [1.29, 1.82) is 0 Å². The Morgan fingerprint density at radius 2 is 2.00 bits per heavy atom. The van der Waals surface area contributed by atoms with Gasteiger partial charge in [-0.2, -0.15) is 0 Å². The number of ether oxygens (including phenoxy) is 1. The van der Waals surface area contributed by atoms with Crippen LogP contribution in [0, 0.1) is 11.3 Å². The minimum absolute atomic E-state index is 0.00960. The third-order valence-electron chi connectivity index (χ3n) is 3.10. The number of nitrogens with one attached hydrogen (secondary N) is 1. The Labute approximate surface area is 93.2 Å². The Kier molecular flexibility index (Phi) is 5.58. The fourth-order valence-corrected chi connectivity index (χ4v) is 1.82. The Morgan fingerprint density at radius 3 is 2.60 bits per heavy atom. The van der Waals surface area contributed by atoms with Crippen LogP contribution in [0.4, 0.5) is 0 Å². The summed E-state index contributed by atoms with van der Waals surface area (Å²) in [5, 5.41) is 12.5. The molecule has 3 heteroatoms. The highest BCUT2D eigenvalue weighted by Crippen LogP contribution is 2.18. The minimum atomic E-state index is 0.00960. The second-order valence-electron chi connectivity index (χ2n) is 5.34. The monoisotopic (exact) mass is 215 g/mol. The van der Waals surface area contributed by atoms with Crippen LogP contribution in [0.15, 0.2) is 0 Å². The first-order valence-electron chi connectivity index (χ1n) is 6.03. The van der Waals surface area contributed by atoms with Gasteiger partial charge in [-0.3, -0.25) is 0 Å². The molecule has 15 heavy (non-hydrogen) atoms. The summed E-state index contributed by atoms with van der Waals surface area (Å²) in [7, 11) is 0. The lowest BCUT2D eigenvalue weighted by molar-refractivity contribution is 0.0635. The maximum Gasteiger partial charge on any atom is 0.0494 e. The maximum absolute atomic E-state index is 9.09. The van der Waals surface area contributed by atoms with Gasteiger partial charge in [0.2, 0.25) is 0 Å². The van der Waals surface area contributed by atoms with E-state index >= 15 is 0 Å². The van der Waals surface area contributed by atoms with Gasteiger partial charge in [-0.15, -0.1) is 0 Å². The molecule has 0 aromatic heterocycles. The van der Waals surface area contributed by atoms with Crippen LogP contribution < -0.4 is 5.32 Å². The molecule has 1 heterocycles. The zero-order chi connectivity index (χ0) is 11.1. The second-order valence-corrected chi connectivity index (χ2v) is 5.34. The molecule has 3 nitrogen and oxygen atoms in total. The molecule has 0 aromatic carbocycles. The first-order chi connectivity index (χ1) is 7.14. The van der Waals surface area contributed by atoms with E-state index in [0.29, 0.717) is 0 Å². The molecule has 1 aliphatic heterocycles. The molecule has 0 amide bonds. The normalized spacial score (nSPS) is 19.4. The molecule has 90 valence electrons. The first-order valence-corrected chi connectivity index (χ1v) is 6.03. The lowest BCUT2D eigenvalue weighted by Gasteiger charge is -2.24. The van der Waals surface area contributed by atoms with E-state index in [4.69, 9.17) is 9.84 Å². The number of aliphatic hydroxyl groups is 1. The predicted molar refractivity (Wildman–Crippen MR) is 61.9 cm³/mol. The van der Waals surface area contributed by atoms with Gasteiger partial charge in [0, 0.05) is 31.8 Å². The third kappa shape index (κ3) is 5.50. The number of hydrogen-bond acceptors (Lipinski definition) is 3. The number of rotatable bonds is 6. The van der Waals surface area contributed by atoms with E-state index < -0.39 is 0 Å². The van der Waals surface area contributed by atoms with Crippen LogP contribution in [0.2, 0.25) is 0 Å². The molecule has 1 rings (SSSR count). The topological polar surface area (TPSA) is 41.5 Å². The molecule has 2 N–H and O–H groups in total. The summed E-state index contributed by atoms with van der Waals surface area (Å²) in [5.74, 6) is 0.837. The summed E-state index contributed by atoms with van der Waals surface area (Å²) in [6.45, 7) is 8.24. The Balaban J connectivity index is 2.00. The van der Waals surface area contributed by atoms with Crippen LogP contribution in [0.25, 0.3) is 0 Å². The maximum atomic E-state index is 9.09. The van der Waals surface area contributed by atoms with Crippen LogP contribution in [0.5, 0.6) is 0 Å². The Morgan fingerprint density at radius 1 is 1.33 bits per heavy atom. The van der Waals surface area contributed by atoms with Crippen LogP contribution in [-0.4, -0.2) is 38.0 Å². The molecular weight excluding hydrogens is 190 g/mol. The van der Waals surface area contributed by atoms with E-state index in [1.54, 1.807) is 0 Å². The van der Waals surface area contributed by atoms with Crippen LogP contribution >= 0.6 is 0 Å². The standard InChI is InChI=1S/C12H25NO2/c1-12(2,10-14)9-13-6-3-11-4-7-15-8-5-11/h11,13-14H,3-10H2,1-2H3. The van der Waals surface area contributed by atoms with Gasteiger partial charge in [0.05, 0.1) is 0 Å². The zero-order valence-corrected chi connectivity index (χ0v) is 10.1. The highest BCUT2D eigenvalue weighted by atomic mass is 16.5. The molecule has 0 aromatic rings. The van der Waals surface area contributed by atoms with E-state index in [-0.39, 0.29) is 12.0 Å². The lowest BCUT2D eigenvalue weighted by atomic mass is 9.94. The summed E-state index contributed by atoms with van der Waals surface area (Å²) in [5.41, 5.74) is 0.00960. The van der Waals surface area contributed by atoms with Crippen LogP contribution in [0.3, 0.4) is 0 Å². The molecule has 0 bridgehead atoms. The molecule has 0 atom stereocenters. The van der Waals surface area contributed by atoms with Crippen LogP contribution in [0.1, 0.15) is 33.1 Å². The van der Waals surface area contributed by atoms with Crippen molar-refractivity contribution in [2.24, 2.45) is 11.3 Å². The van der Waals surface area contributed by atoms with Crippen molar-refractivity contribution in [3.05, 3.63) is 0 Å². The summed E-state index contributed by atoms with van der Waals surface area (Å²) >= 11 is 0. The summed E-state index contributed by atoms with van der Waals surface area (Å²) in [6, 6.07) is 0. The fourth-order valence-electron chi connectivity index (χ4n) is 1.82. The average molecular weight is 215 g/mol. The lowest BCUT2D eigenvalue weighted by Crippen LogP contribution is -2.33. The average Bonchev–Trinajstić information content (AvgIpc) is 2.26. The molecule has 0 saturated carbocycles. The minimum Gasteiger partial charge on any atom is -0.396 e. The Hall–Kier alpha value is -0.120. The Bertz CT molecular complexity index is 165. The summed E-state index contributed by atoms with van der Waals surface area (Å²) < 4.78 is 5.32. The molecule has 0 unspecified atom stereocenters. The smallest absolute Gasteiger partial charge is 0.0494 e. The molecule has 0 aliphatic carbocycles. The summed E-state index contributed by atoms with van der Waals surface area (Å²) in [4.78, 5) is 0. The number of hydrogen-bond donors (Lipinski definition) is 2. The highest BCUT2D eigenvalue weighted by molar-refractivity contribution is 4.71. The molecule has 1 fully saturated rings. The zero-order valence-electron chi connectivity index (χ0n) is 10.1. The largest absolute Gasteiger partial charge is 0.396 e. The van der Waals surface area contributed by atoms with Crippen molar-refractivity contribution < 1.29 is 9.84 Å². The molecule has 0 radical (unpaired) electrons. The van der Waals surface area contributed by atoms with E-state index in [1.807, 2.05) is 0 Å². The highest BCUT2D eigenvalue weighted by Gasteiger charge is 2.16. The predicted octanol–water partition coefficient (Wildman–Crippen LogP) is 1.41. The number of aliphatic hydroxyl groups excluding tert-OH is 1. The van der Waals surface area contributed by atoms with Gasteiger partial charge in [-0.1, -0.05) is 13.8 Å². The van der Waals surface area contributed by atoms with Crippen molar-refractivity contribution in [1.82, 2.24) is 5.32 Å². The van der Waals surface area contributed by atoms with E-state index in [2.05, 4.69) is 19.2 Å². The SMILES string of the molecule is CC(C)(CO)CNCCC1CCOCC1. The fraction of sp³-hybridized carbons (Fsp3) is 1.00.